The predicted molar refractivity (Wildman–Crippen MR) is 109 cm³/mol. The van der Waals surface area contributed by atoms with E-state index in [1.807, 2.05) is 19.9 Å². The van der Waals surface area contributed by atoms with Gasteiger partial charge in [0.05, 0.1) is 6.10 Å². The minimum Gasteiger partial charge on any atom is -0.453 e. The highest BCUT2D eigenvalue weighted by Crippen LogP contribution is 2.27. The molecule has 0 bridgehead atoms. The molecule has 5 nitrogen and oxygen atoms in total. The lowest BCUT2D eigenvalue weighted by molar-refractivity contribution is 0.0479. The Balaban J connectivity index is 1.43. The van der Waals surface area contributed by atoms with Gasteiger partial charge in [-0.15, -0.1) is 11.3 Å². The van der Waals surface area contributed by atoms with Gasteiger partial charge in [0.2, 0.25) is 5.78 Å². The van der Waals surface area contributed by atoms with Crippen LogP contribution in [0.4, 0.5) is 4.39 Å². The third-order valence-electron chi connectivity index (χ3n) is 5.30. The zero-order valence-corrected chi connectivity index (χ0v) is 17.2. The summed E-state index contributed by atoms with van der Waals surface area (Å²) in [5.41, 5.74) is 2.40. The molecule has 0 N–H and O–H groups in total. The van der Waals surface area contributed by atoms with Gasteiger partial charge in [-0.05, 0) is 62.4 Å². The van der Waals surface area contributed by atoms with Crippen LogP contribution in [0.1, 0.15) is 44.3 Å². The Morgan fingerprint density at radius 2 is 2.10 bits per heavy atom. The summed E-state index contributed by atoms with van der Waals surface area (Å²) in [6.07, 6.45) is 2.27. The number of hydrogen-bond acceptors (Lipinski definition) is 5. The molecule has 152 valence electrons. The molecule has 1 fully saturated rings. The fraction of sp³-hybridized carbons (Fsp3) is 0.364. The lowest BCUT2D eigenvalue weighted by atomic mass is 10.1. The number of esters is 1. The highest BCUT2D eigenvalue weighted by Gasteiger charge is 2.22. The van der Waals surface area contributed by atoms with Crippen LogP contribution in [-0.2, 0) is 16.0 Å². The topological polar surface area (TPSA) is 57.5 Å². The maximum atomic E-state index is 13.3. The molecule has 0 amide bonds. The number of thiophene rings is 1. The summed E-state index contributed by atoms with van der Waals surface area (Å²) in [6, 6.07) is 7.77. The van der Waals surface area contributed by atoms with Gasteiger partial charge < -0.3 is 14.0 Å². The maximum Gasteiger partial charge on any atom is 0.348 e. The summed E-state index contributed by atoms with van der Waals surface area (Å²) in [4.78, 5) is 25.3. The van der Waals surface area contributed by atoms with Gasteiger partial charge in [0.1, 0.15) is 10.7 Å². The normalized spacial score (nSPS) is 16.4. The monoisotopic (exact) mass is 415 g/mol. The van der Waals surface area contributed by atoms with Crippen LogP contribution >= 0.6 is 11.3 Å². The fourth-order valence-electron chi connectivity index (χ4n) is 3.75. The van der Waals surface area contributed by atoms with Crippen molar-refractivity contribution in [1.29, 1.82) is 0 Å². The van der Waals surface area contributed by atoms with E-state index in [0.29, 0.717) is 15.8 Å². The largest absolute Gasteiger partial charge is 0.453 e. The van der Waals surface area contributed by atoms with E-state index in [4.69, 9.17) is 9.47 Å². The van der Waals surface area contributed by atoms with Crippen molar-refractivity contribution in [3.05, 3.63) is 58.0 Å². The first kappa shape index (κ1) is 19.8. The van der Waals surface area contributed by atoms with Gasteiger partial charge in [-0.25, -0.2) is 9.18 Å². The molecule has 4 rings (SSSR count). The fourth-order valence-corrected chi connectivity index (χ4v) is 4.69. The predicted octanol–water partition coefficient (Wildman–Crippen LogP) is 4.68. The second-order valence-electron chi connectivity index (χ2n) is 7.32. The molecule has 3 heterocycles. The maximum absolute atomic E-state index is 13.3. The summed E-state index contributed by atoms with van der Waals surface area (Å²) in [6.45, 7) is 5.05. The zero-order valence-electron chi connectivity index (χ0n) is 16.4. The van der Waals surface area contributed by atoms with Gasteiger partial charge in [-0.3, -0.25) is 4.79 Å². The van der Waals surface area contributed by atoms with Crippen molar-refractivity contribution in [2.45, 2.75) is 39.3 Å². The van der Waals surface area contributed by atoms with E-state index in [0.717, 1.165) is 42.1 Å². The lowest BCUT2D eigenvalue weighted by Crippen LogP contribution is -2.18. The van der Waals surface area contributed by atoms with E-state index in [-0.39, 0.29) is 24.3 Å². The number of fused-ring (bicyclic) bond motifs is 1. The van der Waals surface area contributed by atoms with Crippen molar-refractivity contribution in [3.63, 3.8) is 0 Å². The van der Waals surface area contributed by atoms with Crippen LogP contribution in [0.3, 0.4) is 0 Å². The van der Waals surface area contributed by atoms with Crippen LogP contribution in [0.25, 0.3) is 10.1 Å². The van der Waals surface area contributed by atoms with Crippen molar-refractivity contribution in [2.75, 3.05) is 13.2 Å². The first-order valence-corrected chi connectivity index (χ1v) is 10.4. The Kier molecular flexibility index (Phi) is 5.52. The summed E-state index contributed by atoms with van der Waals surface area (Å²) < 4.78 is 27.1. The van der Waals surface area contributed by atoms with Crippen molar-refractivity contribution in [1.82, 2.24) is 4.57 Å². The molecule has 29 heavy (non-hydrogen) atoms. The quantitative estimate of drug-likeness (QED) is 0.433. The SMILES string of the molecule is Cc1cc(C(=O)COC(=O)c2cc3cc(F)ccc3s2)c(C)n1C[C@H]1CCCO1. The molecule has 0 aliphatic carbocycles. The number of carbonyl (C=O) groups excluding carboxylic acids is 2. The molecule has 0 radical (unpaired) electrons. The molecular weight excluding hydrogens is 393 g/mol. The number of halogens is 1. The van der Waals surface area contributed by atoms with Gasteiger partial charge in [0, 0.05) is 34.8 Å². The zero-order chi connectivity index (χ0) is 20.5. The van der Waals surface area contributed by atoms with Crippen LogP contribution in [0.2, 0.25) is 0 Å². The van der Waals surface area contributed by atoms with Gasteiger partial charge in [-0.1, -0.05) is 0 Å². The molecule has 1 aliphatic rings. The van der Waals surface area contributed by atoms with Crippen LogP contribution in [0.15, 0.2) is 30.3 Å². The van der Waals surface area contributed by atoms with E-state index in [9.17, 15) is 14.0 Å². The number of aromatic nitrogens is 1. The average Bonchev–Trinajstić information content (AvgIpc) is 3.41. The number of nitrogens with zero attached hydrogens (tertiary/aromatic N) is 1. The Labute approximate surface area is 172 Å². The van der Waals surface area contributed by atoms with Gasteiger partial charge in [-0.2, -0.15) is 0 Å². The highest BCUT2D eigenvalue weighted by atomic mass is 32.1. The first-order valence-electron chi connectivity index (χ1n) is 9.60. The number of hydrogen-bond donors (Lipinski definition) is 0. The second-order valence-corrected chi connectivity index (χ2v) is 8.41. The third kappa shape index (κ3) is 4.11. The van der Waals surface area contributed by atoms with Crippen molar-refractivity contribution in [3.8, 4) is 0 Å². The lowest BCUT2D eigenvalue weighted by Gasteiger charge is -2.14. The van der Waals surface area contributed by atoms with Gasteiger partial charge in [0.15, 0.2) is 6.61 Å². The van der Waals surface area contributed by atoms with Crippen molar-refractivity contribution >= 4 is 33.2 Å². The molecule has 0 spiro atoms. The molecule has 1 saturated heterocycles. The number of rotatable bonds is 6. The Morgan fingerprint density at radius 3 is 2.86 bits per heavy atom. The van der Waals surface area contributed by atoms with Crippen molar-refractivity contribution in [2.24, 2.45) is 0 Å². The summed E-state index contributed by atoms with van der Waals surface area (Å²) in [7, 11) is 0. The number of ether oxygens (including phenoxy) is 2. The molecule has 1 atom stereocenters. The molecular formula is C22H22FNO4S. The van der Waals surface area contributed by atoms with E-state index >= 15 is 0 Å². The Morgan fingerprint density at radius 1 is 1.28 bits per heavy atom. The number of ketones is 1. The smallest absolute Gasteiger partial charge is 0.348 e. The highest BCUT2D eigenvalue weighted by molar-refractivity contribution is 7.20. The number of aryl methyl sites for hydroxylation is 1. The van der Waals surface area contributed by atoms with E-state index in [2.05, 4.69) is 4.57 Å². The standard InChI is InChI=1S/C22H22FNO4S/c1-13-8-18(14(2)24(13)11-17-4-3-7-27-17)19(25)12-28-22(26)21-10-15-9-16(23)5-6-20(15)29-21/h5-6,8-10,17H,3-4,7,11-12H2,1-2H3/t17-/m1/s1. The molecule has 2 aromatic heterocycles. The number of carbonyl (C=O) groups is 2. The molecule has 7 heteroatoms. The molecule has 0 saturated carbocycles. The minimum atomic E-state index is -0.576. The van der Waals surface area contributed by atoms with E-state index in [1.54, 1.807) is 12.1 Å². The van der Waals surface area contributed by atoms with Crippen LogP contribution in [-0.4, -0.2) is 35.6 Å². The Bertz CT molecular complexity index is 1080. The number of benzene rings is 1. The summed E-state index contributed by atoms with van der Waals surface area (Å²) in [5.74, 6) is -1.17. The summed E-state index contributed by atoms with van der Waals surface area (Å²) >= 11 is 1.22. The molecule has 1 aliphatic heterocycles. The van der Waals surface area contributed by atoms with E-state index in [1.165, 1.54) is 23.5 Å². The molecule has 3 aromatic rings. The summed E-state index contributed by atoms with van der Waals surface area (Å²) in [5, 5.41) is 0.644. The number of Topliss-reactive ketones (excluding diaryl/α,β-unsaturated/α-hetero) is 1. The second kappa shape index (κ2) is 8.08. The van der Waals surface area contributed by atoms with Crippen LogP contribution < -0.4 is 0 Å². The first-order chi connectivity index (χ1) is 13.9. The average molecular weight is 415 g/mol. The molecule has 0 unspecified atom stereocenters. The van der Waals surface area contributed by atoms with Crippen LogP contribution in [0, 0.1) is 19.7 Å². The third-order valence-corrected chi connectivity index (χ3v) is 6.39. The Hall–Kier alpha value is -2.51. The van der Waals surface area contributed by atoms with Crippen molar-refractivity contribution < 1.29 is 23.5 Å². The van der Waals surface area contributed by atoms with Gasteiger partial charge >= 0.3 is 5.97 Å². The van der Waals surface area contributed by atoms with E-state index < -0.39 is 5.97 Å². The van der Waals surface area contributed by atoms with Crippen LogP contribution in [0.5, 0.6) is 0 Å². The minimum absolute atomic E-state index is 0.179. The molecule has 1 aromatic carbocycles. The van der Waals surface area contributed by atoms with Gasteiger partial charge in [0.25, 0.3) is 0 Å².